The maximum Gasteiger partial charge on any atom is 0.294 e. The van der Waals surface area contributed by atoms with Gasteiger partial charge in [-0.3, -0.25) is 4.55 Å². The van der Waals surface area contributed by atoms with Crippen LogP contribution in [0.4, 0.5) is 0 Å². The van der Waals surface area contributed by atoms with E-state index in [2.05, 4.69) is 0 Å². The molecule has 0 amide bonds. The Kier molecular flexibility index (Phi) is 4.66. The normalized spacial score (nSPS) is 12.4. The maximum absolute atomic E-state index is 11.6. The molecular weight excluding hydrogens is 320 g/mol. The van der Waals surface area contributed by atoms with E-state index in [-0.39, 0.29) is 10.3 Å². The van der Waals surface area contributed by atoms with Crippen molar-refractivity contribution in [2.45, 2.75) is 37.5 Å². The van der Waals surface area contributed by atoms with Gasteiger partial charge in [0.1, 0.15) is 0 Å². The highest BCUT2D eigenvalue weighted by Crippen LogP contribution is 2.31. The summed E-state index contributed by atoms with van der Waals surface area (Å²) in [7, 11) is -4.23. The Labute approximate surface area is 136 Å². The minimum atomic E-state index is -4.23. The number of halogens is 1. The van der Waals surface area contributed by atoms with Crippen LogP contribution in [0, 0.1) is 6.92 Å². The van der Waals surface area contributed by atoms with Crippen LogP contribution in [0.1, 0.15) is 30.5 Å². The van der Waals surface area contributed by atoms with Gasteiger partial charge in [-0.15, -0.1) is 0 Å². The molecule has 118 valence electrons. The van der Waals surface area contributed by atoms with E-state index in [1.54, 1.807) is 12.1 Å². The van der Waals surface area contributed by atoms with Crippen LogP contribution in [-0.2, 0) is 22.0 Å². The summed E-state index contributed by atoms with van der Waals surface area (Å²) < 4.78 is 32.6. The molecule has 5 heteroatoms. The lowest BCUT2D eigenvalue weighted by Crippen LogP contribution is -2.22. The van der Waals surface area contributed by atoms with Crippen LogP contribution in [0.5, 0.6) is 0 Å². The van der Waals surface area contributed by atoms with Gasteiger partial charge in [-0.2, -0.15) is 8.42 Å². The monoisotopic (exact) mass is 338 g/mol. The number of hydrogen-bond acceptors (Lipinski definition) is 2. The molecule has 0 radical (unpaired) electrons. The smallest absolute Gasteiger partial charge is 0.282 e. The largest absolute Gasteiger partial charge is 0.294 e. The first-order valence-electron chi connectivity index (χ1n) is 6.93. The summed E-state index contributed by atoms with van der Waals surface area (Å²) in [5, 5.41) is 0.661. The lowest BCUT2D eigenvalue weighted by atomic mass is 9.79. The van der Waals surface area contributed by atoms with Crippen LogP contribution in [0.2, 0.25) is 5.02 Å². The molecule has 0 atom stereocenters. The van der Waals surface area contributed by atoms with E-state index >= 15 is 0 Å². The topological polar surface area (TPSA) is 54.4 Å². The molecule has 0 heterocycles. The fourth-order valence-electron chi connectivity index (χ4n) is 2.58. The zero-order valence-corrected chi connectivity index (χ0v) is 14.4. The molecule has 0 fully saturated rings. The summed E-state index contributed by atoms with van der Waals surface area (Å²) in [6, 6.07) is 12.5. The summed E-state index contributed by atoms with van der Waals surface area (Å²) in [6.07, 6.45) is 0.492. The Hall–Kier alpha value is -1.36. The van der Waals surface area contributed by atoms with Gasteiger partial charge in [0.15, 0.2) is 0 Å². The first kappa shape index (κ1) is 17.0. The van der Waals surface area contributed by atoms with Crippen molar-refractivity contribution in [3.05, 3.63) is 64.2 Å². The lowest BCUT2D eigenvalue weighted by molar-refractivity contribution is 0.477. The van der Waals surface area contributed by atoms with Gasteiger partial charge in [0, 0.05) is 5.02 Å². The second-order valence-corrected chi connectivity index (χ2v) is 7.98. The molecule has 1 N–H and O–H groups in total. The van der Waals surface area contributed by atoms with Crippen LogP contribution in [0.15, 0.2) is 47.4 Å². The number of benzene rings is 2. The minimum absolute atomic E-state index is 0.0276. The van der Waals surface area contributed by atoms with Gasteiger partial charge in [0.25, 0.3) is 10.1 Å². The second kappa shape index (κ2) is 6.03. The molecule has 0 saturated heterocycles. The summed E-state index contributed by atoms with van der Waals surface area (Å²) in [5.41, 5.74) is 2.33. The van der Waals surface area contributed by atoms with Crippen molar-refractivity contribution in [1.29, 1.82) is 0 Å². The molecule has 2 rings (SSSR count). The van der Waals surface area contributed by atoms with Crippen molar-refractivity contribution >= 4 is 21.7 Å². The maximum atomic E-state index is 11.6. The molecule has 22 heavy (non-hydrogen) atoms. The summed E-state index contributed by atoms with van der Waals surface area (Å²) in [6.45, 7) is 5.96. The van der Waals surface area contributed by atoms with E-state index in [4.69, 9.17) is 11.6 Å². The van der Waals surface area contributed by atoms with E-state index in [9.17, 15) is 13.0 Å². The highest BCUT2D eigenvalue weighted by atomic mass is 35.5. The number of hydrogen-bond donors (Lipinski definition) is 1. The van der Waals surface area contributed by atoms with E-state index < -0.39 is 10.1 Å². The molecule has 2 aromatic carbocycles. The van der Waals surface area contributed by atoms with Gasteiger partial charge >= 0.3 is 0 Å². The van der Waals surface area contributed by atoms with Gasteiger partial charge in [-0.25, -0.2) is 0 Å². The molecule has 0 aromatic heterocycles. The summed E-state index contributed by atoms with van der Waals surface area (Å²) in [5.74, 6) is 0. The summed E-state index contributed by atoms with van der Waals surface area (Å²) in [4.78, 5) is -0.0276. The van der Waals surface area contributed by atoms with Crippen molar-refractivity contribution in [3.63, 3.8) is 0 Å². The third-order valence-electron chi connectivity index (χ3n) is 3.75. The van der Waals surface area contributed by atoms with E-state index in [1.807, 2.05) is 45.0 Å². The quantitative estimate of drug-likeness (QED) is 0.840. The standard InChI is InChI=1S/C17H19ClO3S/c1-12-4-9-16(22(19,20)21)13(10-12)11-17(2,3)14-5-7-15(18)8-6-14/h4-10H,11H2,1-3H3,(H,19,20,21). The molecular formula is C17H19ClO3S. The zero-order chi connectivity index (χ0) is 16.5. The Morgan fingerprint density at radius 2 is 1.68 bits per heavy atom. The Morgan fingerprint density at radius 3 is 2.23 bits per heavy atom. The van der Waals surface area contributed by atoms with E-state index in [0.717, 1.165) is 11.1 Å². The molecule has 0 bridgehead atoms. The average molecular weight is 339 g/mol. The molecule has 0 saturated carbocycles. The van der Waals surface area contributed by atoms with Crippen LogP contribution in [0.25, 0.3) is 0 Å². The Bertz CT molecular complexity index is 778. The highest BCUT2D eigenvalue weighted by molar-refractivity contribution is 7.85. The summed E-state index contributed by atoms with van der Waals surface area (Å²) >= 11 is 5.92. The molecule has 0 unspecified atom stereocenters. The van der Waals surface area contributed by atoms with Crippen molar-refractivity contribution in [2.75, 3.05) is 0 Å². The van der Waals surface area contributed by atoms with Crippen molar-refractivity contribution < 1.29 is 13.0 Å². The van der Waals surface area contributed by atoms with Gasteiger partial charge in [0.05, 0.1) is 4.90 Å². The SMILES string of the molecule is Cc1ccc(S(=O)(=O)O)c(CC(C)(C)c2ccc(Cl)cc2)c1. The fraction of sp³-hybridized carbons (Fsp3) is 0.294. The van der Waals surface area contributed by atoms with Gasteiger partial charge in [0.2, 0.25) is 0 Å². The minimum Gasteiger partial charge on any atom is -0.282 e. The van der Waals surface area contributed by atoms with Crippen LogP contribution in [-0.4, -0.2) is 13.0 Å². The molecule has 0 aliphatic heterocycles. The number of aryl methyl sites for hydroxylation is 1. The van der Waals surface area contributed by atoms with Crippen molar-refractivity contribution in [2.24, 2.45) is 0 Å². The first-order chi connectivity index (χ1) is 10.1. The predicted octanol–water partition coefficient (Wildman–Crippen LogP) is 4.42. The highest BCUT2D eigenvalue weighted by Gasteiger charge is 2.25. The average Bonchev–Trinajstić information content (AvgIpc) is 2.37. The van der Waals surface area contributed by atoms with Gasteiger partial charge in [-0.05, 0) is 48.1 Å². The molecule has 0 aliphatic carbocycles. The molecule has 0 aliphatic rings. The van der Waals surface area contributed by atoms with Crippen molar-refractivity contribution in [3.8, 4) is 0 Å². The van der Waals surface area contributed by atoms with Gasteiger partial charge in [-0.1, -0.05) is 55.3 Å². The van der Waals surface area contributed by atoms with Crippen LogP contribution < -0.4 is 0 Å². The van der Waals surface area contributed by atoms with Crippen LogP contribution in [0.3, 0.4) is 0 Å². The Morgan fingerprint density at radius 1 is 1.09 bits per heavy atom. The molecule has 3 nitrogen and oxygen atoms in total. The van der Waals surface area contributed by atoms with Crippen LogP contribution >= 0.6 is 11.6 Å². The predicted molar refractivity (Wildman–Crippen MR) is 89.2 cm³/mol. The van der Waals surface area contributed by atoms with Gasteiger partial charge < -0.3 is 0 Å². The van der Waals surface area contributed by atoms with E-state index in [1.165, 1.54) is 6.07 Å². The fourth-order valence-corrected chi connectivity index (χ4v) is 3.41. The first-order valence-corrected chi connectivity index (χ1v) is 8.74. The lowest BCUT2D eigenvalue weighted by Gasteiger charge is -2.26. The molecule has 0 spiro atoms. The Balaban J connectivity index is 2.45. The van der Waals surface area contributed by atoms with Crippen molar-refractivity contribution in [1.82, 2.24) is 0 Å². The second-order valence-electron chi connectivity index (χ2n) is 6.15. The van der Waals surface area contributed by atoms with E-state index in [0.29, 0.717) is 17.0 Å². The zero-order valence-electron chi connectivity index (χ0n) is 12.8. The molecule has 2 aromatic rings. The third kappa shape index (κ3) is 3.88. The third-order valence-corrected chi connectivity index (χ3v) is 4.96. The number of rotatable bonds is 4.